The predicted octanol–water partition coefficient (Wildman–Crippen LogP) is 2.35. The minimum absolute atomic E-state index is 0.0528. The van der Waals surface area contributed by atoms with Gasteiger partial charge in [-0.05, 0) is 18.4 Å². The fourth-order valence-electron chi connectivity index (χ4n) is 2.10. The van der Waals surface area contributed by atoms with E-state index in [0.29, 0.717) is 12.8 Å². The van der Waals surface area contributed by atoms with Gasteiger partial charge in [0.25, 0.3) is 0 Å². The Hall–Kier alpha value is -1.88. The van der Waals surface area contributed by atoms with E-state index in [2.05, 4.69) is 10.1 Å². The van der Waals surface area contributed by atoms with Crippen LogP contribution in [0.5, 0.6) is 0 Å². The van der Waals surface area contributed by atoms with Crippen LogP contribution in [0, 0.1) is 0 Å². The lowest BCUT2D eigenvalue weighted by atomic mass is 10.1. The van der Waals surface area contributed by atoms with Crippen molar-refractivity contribution in [2.45, 2.75) is 44.6 Å². The molecular weight excluding hydrogens is 282 g/mol. The van der Waals surface area contributed by atoms with E-state index in [1.54, 1.807) is 0 Å². The number of unbranched alkanes of at least 4 members (excludes halogenated alkanes) is 3. The number of methoxy groups -OCH3 is 1. The van der Waals surface area contributed by atoms with E-state index in [4.69, 9.17) is 0 Å². The lowest BCUT2D eigenvalue weighted by molar-refractivity contribution is -0.140. The molecule has 0 radical (unpaired) electrons. The Morgan fingerprint density at radius 3 is 2.36 bits per heavy atom. The second-order valence-corrected chi connectivity index (χ2v) is 5.22. The summed E-state index contributed by atoms with van der Waals surface area (Å²) in [5, 5.41) is 12.7. The number of aliphatic hydroxyl groups is 1. The molecule has 1 unspecified atom stereocenters. The standard InChI is InChI=1S/C17H25NO4/c1-22-17(21)12-8-3-2-7-11-16(20)18-13-15(19)14-9-5-4-6-10-14/h4-6,9-10,15,19H,2-3,7-8,11-13H2,1H3,(H,18,20). The molecular formula is C17H25NO4. The van der Waals surface area contributed by atoms with Gasteiger partial charge < -0.3 is 15.2 Å². The normalized spacial score (nSPS) is 11.7. The highest BCUT2D eigenvalue weighted by Crippen LogP contribution is 2.11. The third kappa shape index (κ3) is 7.78. The van der Waals surface area contributed by atoms with Gasteiger partial charge in [-0.25, -0.2) is 0 Å². The van der Waals surface area contributed by atoms with E-state index in [0.717, 1.165) is 31.2 Å². The summed E-state index contributed by atoms with van der Waals surface area (Å²) >= 11 is 0. The highest BCUT2D eigenvalue weighted by atomic mass is 16.5. The zero-order chi connectivity index (χ0) is 16.2. The number of carbonyl (C=O) groups excluding carboxylic acids is 2. The predicted molar refractivity (Wildman–Crippen MR) is 84.1 cm³/mol. The molecule has 0 fully saturated rings. The molecule has 5 heteroatoms. The van der Waals surface area contributed by atoms with Crippen LogP contribution in [0.2, 0.25) is 0 Å². The Balaban J connectivity index is 2.05. The van der Waals surface area contributed by atoms with E-state index in [9.17, 15) is 14.7 Å². The van der Waals surface area contributed by atoms with Gasteiger partial charge in [-0.1, -0.05) is 43.2 Å². The Labute approximate surface area is 131 Å². The van der Waals surface area contributed by atoms with Crippen LogP contribution in [-0.2, 0) is 14.3 Å². The SMILES string of the molecule is COC(=O)CCCCCCC(=O)NCC(O)c1ccccc1. The monoisotopic (exact) mass is 307 g/mol. The molecule has 1 aromatic rings. The quantitative estimate of drug-likeness (QED) is 0.514. The van der Waals surface area contributed by atoms with Crippen LogP contribution in [0.1, 0.15) is 50.2 Å². The van der Waals surface area contributed by atoms with Crippen LogP contribution >= 0.6 is 0 Å². The number of aliphatic hydroxyl groups excluding tert-OH is 1. The van der Waals surface area contributed by atoms with Crippen LogP contribution < -0.4 is 5.32 Å². The summed E-state index contributed by atoms with van der Waals surface area (Å²) in [5.74, 6) is -0.240. The number of hydrogen-bond acceptors (Lipinski definition) is 4. The molecule has 0 bridgehead atoms. The highest BCUT2D eigenvalue weighted by Gasteiger charge is 2.08. The van der Waals surface area contributed by atoms with Crippen molar-refractivity contribution in [2.75, 3.05) is 13.7 Å². The first kappa shape index (κ1) is 18.2. The largest absolute Gasteiger partial charge is 0.469 e. The van der Waals surface area contributed by atoms with Crippen LogP contribution in [0.3, 0.4) is 0 Å². The third-order valence-electron chi connectivity index (χ3n) is 3.44. The zero-order valence-corrected chi connectivity index (χ0v) is 13.1. The first-order valence-electron chi connectivity index (χ1n) is 7.70. The Bertz CT molecular complexity index is 447. The van der Waals surface area contributed by atoms with Gasteiger partial charge in [0.1, 0.15) is 0 Å². The maximum absolute atomic E-state index is 11.7. The lowest BCUT2D eigenvalue weighted by Gasteiger charge is -2.12. The van der Waals surface area contributed by atoms with Crippen molar-refractivity contribution >= 4 is 11.9 Å². The molecule has 0 aliphatic heterocycles. The lowest BCUT2D eigenvalue weighted by Crippen LogP contribution is -2.28. The van der Waals surface area contributed by atoms with Crippen molar-refractivity contribution in [1.29, 1.82) is 0 Å². The molecule has 2 N–H and O–H groups in total. The van der Waals surface area contributed by atoms with Gasteiger partial charge in [-0.2, -0.15) is 0 Å². The number of rotatable bonds is 10. The van der Waals surface area contributed by atoms with Crippen LogP contribution in [0.25, 0.3) is 0 Å². The highest BCUT2D eigenvalue weighted by molar-refractivity contribution is 5.75. The number of esters is 1. The molecule has 1 amide bonds. The molecule has 0 aliphatic carbocycles. The van der Waals surface area contributed by atoms with Crippen molar-refractivity contribution in [2.24, 2.45) is 0 Å². The first-order valence-corrected chi connectivity index (χ1v) is 7.70. The van der Waals surface area contributed by atoms with Crippen LogP contribution in [0.4, 0.5) is 0 Å². The average Bonchev–Trinajstić information content (AvgIpc) is 2.56. The molecule has 22 heavy (non-hydrogen) atoms. The van der Waals surface area contributed by atoms with Crippen LogP contribution in [0.15, 0.2) is 30.3 Å². The number of nitrogens with one attached hydrogen (secondary N) is 1. The molecule has 0 heterocycles. The van der Waals surface area contributed by atoms with Gasteiger partial charge >= 0.3 is 5.97 Å². The summed E-state index contributed by atoms with van der Waals surface area (Å²) < 4.78 is 4.56. The first-order chi connectivity index (χ1) is 10.6. The van der Waals surface area contributed by atoms with E-state index in [1.165, 1.54) is 7.11 Å². The van der Waals surface area contributed by atoms with E-state index in [1.807, 2.05) is 30.3 Å². The minimum atomic E-state index is -0.676. The number of hydrogen-bond donors (Lipinski definition) is 2. The van der Waals surface area contributed by atoms with Gasteiger partial charge in [0.05, 0.1) is 13.2 Å². The fourth-order valence-corrected chi connectivity index (χ4v) is 2.10. The molecule has 1 aromatic carbocycles. The fraction of sp³-hybridized carbons (Fsp3) is 0.529. The molecule has 1 rings (SSSR count). The van der Waals surface area contributed by atoms with Gasteiger partial charge in [0, 0.05) is 19.4 Å². The molecule has 0 aromatic heterocycles. The van der Waals surface area contributed by atoms with Crippen molar-refractivity contribution in [3.05, 3.63) is 35.9 Å². The van der Waals surface area contributed by atoms with Gasteiger partial charge in [0.2, 0.25) is 5.91 Å². The number of ether oxygens (including phenoxy) is 1. The summed E-state index contributed by atoms with van der Waals surface area (Å²) in [6, 6.07) is 9.26. The Morgan fingerprint density at radius 2 is 1.73 bits per heavy atom. The summed E-state index contributed by atoms with van der Waals surface area (Å²) in [6.45, 7) is 0.227. The summed E-state index contributed by atoms with van der Waals surface area (Å²) in [6.07, 6.45) is 3.60. The van der Waals surface area contributed by atoms with E-state index < -0.39 is 6.10 Å². The second kappa shape index (κ2) is 10.8. The van der Waals surface area contributed by atoms with Crippen molar-refractivity contribution < 1.29 is 19.4 Å². The number of amides is 1. The van der Waals surface area contributed by atoms with E-state index >= 15 is 0 Å². The molecule has 122 valence electrons. The second-order valence-electron chi connectivity index (χ2n) is 5.22. The molecule has 1 atom stereocenters. The maximum Gasteiger partial charge on any atom is 0.305 e. The summed E-state index contributed by atoms with van der Waals surface area (Å²) in [4.78, 5) is 22.6. The van der Waals surface area contributed by atoms with Gasteiger partial charge in [0.15, 0.2) is 0 Å². The average molecular weight is 307 g/mol. The smallest absolute Gasteiger partial charge is 0.305 e. The molecule has 5 nitrogen and oxygen atoms in total. The number of carbonyl (C=O) groups is 2. The maximum atomic E-state index is 11.7. The summed E-state index contributed by atoms with van der Waals surface area (Å²) in [7, 11) is 1.39. The molecule has 0 aliphatic rings. The topological polar surface area (TPSA) is 75.6 Å². The van der Waals surface area contributed by atoms with Gasteiger partial charge in [-0.15, -0.1) is 0 Å². The van der Waals surface area contributed by atoms with Gasteiger partial charge in [-0.3, -0.25) is 9.59 Å². The molecule has 0 saturated carbocycles. The molecule has 0 spiro atoms. The minimum Gasteiger partial charge on any atom is -0.469 e. The van der Waals surface area contributed by atoms with E-state index in [-0.39, 0.29) is 18.4 Å². The van der Waals surface area contributed by atoms with Crippen molar-refractivity contribution in [3.63, 3.8) is 0 Å². The Morgan fingerprint density at radius 1 is 1.09 bits per heavy atom. The molecule has 0 saturated heterocycles. The van der Waals surface area contributed by atoms with Crippen molar-refractivity contribution in [3.8, 4) is 0 Å². The number of benzene rings is 1. The van der Waals surface area contributed by atoms with Crippen molar-refractivity contribution in [1.82, 2.24) is 5.32 Å². The zero-order valence-electron chi connectivity index (χ0n) is 13.1. The summed E-state index contributed by atoms with van der Waals surface area (Å²) in [5.41, 5.74) is 0.797. The third-order valence-corrected chi connectivity index (χ3v) is 3.44. The van der Waals surface area contributed by atoms with Crippen LogP contribution in [-0.4, -0.2) is 30.6 Å². The Kier molecular flexibility index (Phi) is 8.91.